The van der Waals surface area contributed by atoms with Gasteiger partial charge in [-0.1, -0.05) is 0 Å². The second kappa shape index (κ2) is 3.46. The first-order chi connectivity index (χ1) is 5.24. The number of rotatable bonds is 2. The quantitative estimate of drug-likeness (QED) is 0.341. The molecule has 62 valence electrons. The number of aldehydes is 1. The van der Waals surface area contributed by atoms with Gasteiger partial charge in [-0.25, -0.2) is 0 Å². The molecule has 0 heterocycles. The Kier molecular flexibility index (Phi) is 2.57. The van der Waals surface area contributed by atoms with Crippen LogP contribution in [0, 0.1) is 16.0 Å². The highest BCUT2D eigenvalue weighted by Gasteiger charge is 2.27. The van der Waals surface area contributed by atoms with Gasteiger partial charge >= 0.3 is 0 Å². The van der Waals surface area contributed by atoms with Gasteiger partial charge in [0.25, 0.3) is 0 Å². The van der Waals surface area contributed by atoms with Crippen molar-refractivity contribution in [3.05, 3.63) is 10.1 Å². The summed E-state index contributed by atoms with van der Waals surface area (Å²) in [4.78, 5) is 20.3. The molecule has 1 aliphatic rings. The molecule has 11 heavy (non-hydrogen) atoms. The zero-order valence-corrected chi connectivity index (χ0v) is 6.23. The van der Waals surface area contributed by atoms with Crippen LogP contribution < -0.4 is 0 Å². The maximum atomic E-state index is 10.3. The van der Waals surface area contributed by atoms with Crippen molar-refractivity contribution in [3.8, 4) is 0 Å². The van der Waals surface area contributed by atoms with Crippen LogP contribution in [-0.2, 0) is 4.79 Å². The maximum absolute atomic E-state index is 10.3. The van der Waals surface area contributed by atoms with E-state index in [0.717, 1.165) is 6.29 Å². The Morgan fingerprint density at radius 2 is 1.82 bits per heavy atom. The number of hydrogen-bond donors (Lipinski definition) is 0. The fourth-order valence-electron chi connectivity index (χ4n) is 1.45. The Morgan fingerprint density at radius 3 is 2.18 bits per heavy atom. The number of hydrogen-bond acceptors (Lipinski definition) is 3. The molecule has 1 aliphatic carbocycles. The molecule has 4 nitrogen and oxygen atoms in total. The zero-order valence-electron chi connectivity index (χ0n) is 6.23. The third kappa shape index (κ3) is 2.00. The van der Waals surface area contributed by atoms with Gasteiger partial charge in [-0.15, -0.1) is 0 Å². The van der Waals surface area contributed by atoms with Gasteiger partial charge in [0, 0.05) is 23.7 Å². The Labute approximate surface area is 64.7 Å². The lowest BCUT2D eigenvalue weighted by molar-refractivity contribution is -0.526. The standard InChI is InChI=1S/C7H11NO3/c9-5-6-1-3-7(4-2-6)8(10)11/h5-7H,1-4H2. The van der Waals surface area contributed by atoms with E-state index >= 15 is 0 Å². The summed E-state index contributed by atoms with van der Waals surface area (Å²) in [7, 11) is 0. The molecule has 0 aromatic rings. The Bertz CT molecular complexity index is 161. The highest BCUT2D eigenvalue weighted by Crippen LogP contribution is 2.23. The lowest BCUT2D eigenvalue weighted by atomic mass is 9.87. The molecule has 1 fully saturated rings. The van der Waals surface area contributed by atoms with Crippen molar-refractivity contribution in [2.45, 2.75) is 31.7 Å². The predicted octanol–water partition coefficient (Wildman–Crippen LogP) is 1.02. The third-order valence-corrected chi connectivity index (χ3v) is 2.23. The monoisotopic (exact) mass is 157 g/mol. The van der Waals surface area contributed by atoms with Gasteiger partial charge in [-0.05, 0) is 12.8 Å². The third-order valence-electron chi connectivity index (χ3n) is 2.23. The molecule has 0 radical (unpaired) electrons. The lowest BCUT2D eigenvalue weighted by Gasteiger charge is -2.18. The molecule has 1 rings (SSSR count). The summed E-state index contributed by atoms with van der Waals surface area (Å²) in [6, 6.07) is -0.397. The number of nitro groups is 1. The maximum Gasteiger partial charge on any atom is 0.213 e. The fraction of sp³-hybridized carbons (Fsp3) is 0.857. The van der Waals surface area contributed by atoms with Crippen LogP contribution in [0.2, 0.25) is 0 Å². The second-order valence-electron chi connectivity index (χ2n) is 2.99. The predicted molar refractivity (Wildman–Crippen MR) is 38.8 cm³/mol. The second-order valence-corrected chi connectivity index (χ2v) is 2.99. The molecule has 1 saturated carbocycles. The Balaban J connectivity index is 2.35. The molecule has 0 saturated heterocycles. The molecule has 0 atom stereocenters. The number of nitrogens with zero attached hydrogens (tertiary/aromatic N) is 1. The number of carbonyl (C=O) groups excluding carboxylic acids is 1. The summed E-state index contributed by atoms with van der Waals surface area (Å²) < 4.78 is 0. The van der Waals surface area contributed by atoms with Crippen molar-refractivity contribution in [1.82, 2.24) is 0 Å². The lowest BCUT2D eigenvalue weighted by Crippen LogP contribution is -2.26. The normalized spacial score (nSPS) is 31.3. The smallest absolute Gasteiger partial charge is 0.213 e. The molecular weight excluding hydrogens is 146 g/mol. The molecule has 0 N–H and O–H groups in total. The van der Waals surface area contributed by atoms with E-state index in [1.165, 1.54) is 0 Å². The van der Waals surface area contributed by atoms with Crippen LogP contribution in [0.1, 0.15) is 25.7 Å². The van der Waals surface area contributed by atoms with Gasteiger partial charge < -0.3 is 4.79 Å². The first-order valence-corrected chi connectivity index (χ1v) is 3.83. The SMILES string of the molecule is O=CC1CCC([N+](=O)[O-])CC1. The molecular formula is C7H11NO3. The van der Waals surface area contributed by atoms with Crippen molar-refractivity contribution in [1.29, 1.82) is 0 Å². The summed E-state index contributed by atoms with van der Waals surface area (Å²) in [5, 5.41) is 10.3. The van der Waals surface area contributed by atoms with E-state index in [2.05, 4.69) is 0 Å². The molecule has 0 aliphatic heterocycles. The molecule has 0 bridgehead atoms. The van der Waals surface area contributed by atoms with E-state index < -0.39 is 6.04 Å². The molecule has 0 amide bonds. The first-order valence-electron chi connectivity index (χ1n) is 3.83. The van der Waals surface area contributed by atoms with Crippen molar-refractivity contribution in [2.24, 2.45) is 5.92 Å². The summed E-state index contributed by atoms with van der Waals surface area (Å²) in [5.41, 5.74) is 0. The summed E-state index contributed by atoms with van der Waals surface area (Å²) in [6.45, 7) is 0. The van der Waals surface area contributed by atoms with Crippen molar-refractivity contribution >= 4 is 6.29 Å². The minimum absolute atomic E-state index is 0.0752. The van der Waals surface area contributed by atoms with Crippen LogP contribution in [0.25, 0.3) is 0 Å². The van der Waals surface area contributed by atoms with Gasteiger partial charge in [0.15, 0.2) is 0 Å². The van der Waals surface area contributed by atoms with Crippen LogP contribution in [0.5, 0.6) is 0 Å². The fourth-order valence-corrected chi connectivity index (χ4v) is 1.45. The highest BCUT2D eigenvalue weighted by atomic mass is 16.6. The van der Waals surface area contributed by atoms with Crippen molar-refractivity contribution < 1.29 is 9.72 Å². The van der Waals surface area contributed by atoms with Gasteiger partial charge in [0.2, 0.25) is 6.04 Å². The summed E-state index contributed by atoms with van der Waals surface area (Å²) in [6.07, 6.45) is 3.42. The van der Waals surface area contributed by atoms with Crippen LogP contribution in [-0.4, -0.2) is 17.3 Å². The topological polar surface area (TPSA) is 60.2 Å². The Hall–Kier alpha value is -0.930. The average molecular weight is 157 g/mol. The van der Waals surface area contributed by atoms with Crippen LogP contribution in [0.15, 0.2) is 0 Å². The average Bonchev–Trinajstić information content (AvgIpc) is 2.05. The van der Waals surface area contributed by atoms with E-state index in [4.69, 9.17) is 0 Å². The molecule has 0 aromatic carbocycles. The molecule has 0 aromatic heterocycles. The van der Waals surface area contributed by atoms with E-state index in [1.807, 2.05) is 0 Å². The Morgan fingerprint density at radius 1 is 1.27 bits per heavy atom. The minimum Gasteiger partial charge on any atom is -0.303 e. The van der Waals surface area contributed by atoms with Crippen molar-refractivity contribution in [2.75, 3.05) is 0 Å². The number of carbonyl (C=O) groups is 1. The van der Waals surface area contributed by atoms with Crippen LogP contribution in [0.3, 0.4) is 0 Å². The van der Waals surface area contributed by atoms with Gasteiger partial charge in [0.1, 0.15) is 6.29 Å². The summed E-state index contributed by atoms with van der Waals surface area (Å²) >= 11 is 0. The van der Waals surface area contributed by atoms with E-state index in [-0.39, 0.29) is 10.8 Å². The molecule has 0 unspecified atom stereocenters. The van der Waals surface area contributed by atoms with E-state index in [0.29, 0.717) is 25.7 Å². The summed E-state index contributed by atoms with van der Waals surface area (Å²) in [5.74, 6) is 0.0752. The molecule has 0 spiro atoms. The van der Waals surface area contributed by atoms with Crippen LogP contribution >= 0.6 is 0 Å². The van der Waals surface area contributed by atoms with Gasteiger partial charge in [0.05, 0.1) is 0 Å². The van der Waals surface area contributed by atoms with Gasteiger partial charge in [-0.3, -0.25) is 10.1 Å². The zero-order chi connectivity index (χ0) is 8.27. The van der Waals surface area contributed by atoms with E-state index in [1.54, 1.807) is 0 Å². The van der Waals surface area contributed by atoms with Crippen molar-refractivity contribution in [3.63, 3.8) is 0 Å². The molecule has 4 heteroatoms. The first kappa shape index (κ1) is 8.17. The largest absolute Gasteiger partial charge is 0.303 e. The van der Waals surface area contributed by atoms with Gasteiger partial charge in [-0.2, -0.15) is 0 Å². The highest BCUT2D eigenvalue weighted by molar-refractivity contribution is 5.53. The van der Waals surface area contributed by atoms with E-state index in [9.17, 15) is 14.9 Å². The van der Waals surface area contributed by atoms with Crippen LogP contribution in [0.4, 0.5) is 0 Å². The minimum atomic E-state index is -0.397.